The Morgan fingerprint density at radius 3 is 2.14 bits per heavy atom. The lowest BCUT2D eigenvalue weighted by molar-refractivity contribution is -0.120. The van der Waals surface area contributed by atoms with Crippen molar-refractivity contribution in [2.24, 2.45) is 5.73 Å². The molecule has 0 fully saturated rings. The van der Waals surface area contributed by atoms with Crippen LogP contribution in [0.5, 0.6) is 0 Å². The molecule has 0 radical (unpaired) electrons. The average molecular weight is 327 g/mol. The molecule has 1 rings (SSSR count). The van der Waals surface area contributed by atoms with Gasteiger partial charge in [0.05, 0.1) is 11.0 Å². The highest BCUT2D eigenvalue weighted by Crippen LogP contribution is 2.15. The summed E-state index contributed by atoms with van der Waals surface area (Å²) in [4.78, 5) is 22.1. The monoisotopic (exact) mass is 327 g/mol. The van der Waals surface area contributed by atoms with Crippen LogP contribution in [-0.4, -0.2) is 31.6 Å². The van der Waals surface area contributed by atoms with Gasteiger partial charge in [0.15, 0.2) is 9.84 Å². The number of carbonyl (C=O) groups is 2. The van der Waals surface area contributed by atoms with Crippen LogP contribution in [-0.2, 0) is 20.4 Å². The Kier molecular flexibility index (Phi) is 5.92. The van der Waals surface area contributed by atoms with Gasteiger partial charge in [-0.2, -0.15) is 0 Å². The molecule has 0 heterocycles. The van der Waals surface area contributed by atoms with Crippen LogP contribution in [0.3, 0.4) is 0 Å². The third kappa shape index (κ3) is 5.36. The number of amides is 3. The Morgan fingerprint density at radius 1 is 1.14 bits per heavy atom. The number of primary amides is 1. The molecule has 1 aromatic rings. The maximum atomic E-state index is 11.8. The van der Waals surface area contributed by atoms with Crippen LogP contribution in [0.1, 0.15) is 26.3 Å². The molecule has 122 valence electrons. The Labute approximate surface area is 130 Å². The van der Waals surface area contributed by atoms with E-state index in [-0.39, 0.29) is 5.75 Å². The van der Waals surface area contributed by atoms with Gasteiger partial charge < -0.3 is 11.1 Å². The zero-order valence-corrected chi connectivity index (χ0v) is 13.6. The summed E-state index contributed by atoms with van der Waals surface area (Å²) in [5.74, 6) is -0.568. The molecule has 0 aliphatic heterocycles. The molecule has 3 amide bonds. The minimum absolute atomic E-state index is 0.0251. The standard InChI is InChI=1S/C14H21N3O4S/c1-9(2)22(20,21)8-11-4-6-12(7-5-11)16-10(3)13(18)17-14(15)19/h4-7,9-10,16H,8H2,1-3H3,(H3,15,17,18,19). The number of benzene rings is 1. The highest BCUT2D eigenvalue weighted by atomic mass is 32.2. The summed E-state index contributed by atoms with van der Waals surface area (Å²) in [5.41, 5.74) is 6.18. The quantitative estimate of drug-likeness (QED) is 0.720. The zero-order valence-electron chi connectivity index (χ0n) is 12.8. The zero-order chi connectivity index (χ0) is 16.9. The minimum Gasteiger partial charge on any atom is -0.374 e. The third-order valence-electron chi connectivity index (χ3n) is 3.06. The van der Waals surface area contributed by atoms with Crippen LogP contribution in [0.4, 0.5) is 10.5 Å². The van der Waals surface area contributed by atoms with E-state index in [0.29, 0.717) is 11.3 Å². The normalized spacial score (nSPS) is 12.7. The predicted octanol–water partition coefficient (Wildman–Crippen LogP) is 1.01. The first-order valence-corrected chi connectivity index (χ1v) is 8.50. The molecule has 0 aromatic heterocycles. The molecule has 7 nitrogen and oxygen atoms in total. The molecule has 0 spiro atoms. The van der Waals surface area contributed by atoms with Crippen molar-refractivity contribution in [2.45, 2.75) is 37.8 Å². The Morgan fingerprint density at radius 2 is 1.68 bits per heavy atom. The Balaban J connectivity index is 2.70. The van der Waals surface area contributed by atoms with Crippen molar-refractivity contribution in [1.29, 1.82) is 0 Å². The number of hydrogen-bond acceptors (Lipinski definition) is 5. The van der Waals surface area contributed by atoms with Crippen molar-refractivity contribution in [3.05, 3.63) is 29.8 Å². The van der Waals surface area contributed by atoms with Crippen LogP contribution in [0.25, 0.3) is 0 Å². The van der Waals surface area contributed by atoms with Crippen molar-refractivity contribution in [1.82, 2.24) is 5.32 Å². The number of rotatable bonds is 6. The summed E-state index contributed by atoms with van der Waals surface area (Å²) < 4.78 is 23.7. The van der Waals surface area contributed by atoms with Gasteiger partial charge in [0.25, 0.3) is 0 Å². The maximum absolute atomic E-state index is 11.8. The number of anilines is 1. The summed E-state index contributed by atoms with van der Waals surface area (Å²) in [5, 5.41) is 4.44. The van der Waals surface area contributed by atoms with E-state index >= 15 is 0 Å². The SMILES string of the molecule is CC(Nc1ccc(CS(=O)(=O)C(C)C)cc1)C(=O)NC(N)=O. The third-order valence-corrected chi connectivity index (χ3v) is 5.24. The summed E-state index contributed by atoms with van der Waals surface area (Å²) in [7, 11) is -3.15. The van der Waals surface area contributed by atoms with Crippen molar-refractivity contribution >= 4 is 27.5 Å². The van der Waals surface area contributed by atoms with Crippen molar-refractivity contribution in [2.75, 3.05) is 5.32 Å². The second-order valence-electron chi connectivity index (χ2n) is 5.27. The summed E-state index contributed by atoms with van der Waals surface area (Å²) in [6, 6.07) is 5.16. The van der Waals surface area contributed by atoms with Crippen LogP contribution in [0, 0.1) is 0 Å². The van der Waals surface area contributed by atoms with Gasteiger partial charge in [-0.15, -0.1) is 0 Å². The molecule has 22 heavy (non-hydrogen) atoms. The number of nitrogens with two attached hydrogens (primary N) is 1. The predicted molar refractivity (Wildman–Crippen MR) is 85.0 cm³/mol. The molecule has 0 aliphatic rings. The topological polar surface area (TPSA) is 118 Å². The lowest BCUT2D eigenvalue weighted by Crippen LogP contribution is -2.43. The molecule has 1 unspecified atom stereocenters. The van der Waals surface area contributed by atoms with E-state index in [1.165, 1.54) is 0 Å². The lowest BCUT2D eigenvalue weighted by atomic mass is 10.2. The first-order valence-electron chi connectivity index (χ1n) is 6.79. The van der Waals surface area contributed by atoms with Gasteiger partial charge in [-0.3, -0.25) is 10.1 Å². The molecular weight excluding hydrogens is 306 g/mol. The van der Waals surface area contributed by atoms with E-state index in [0.717, 1.165) is 0 Å². The van der Waals surface area contributed by atoms with Gasteiger partial charge in [-0.25, -0.2) is 13.2 Å². The summed E-state index contributed by atoms with van der Waals surface area (Å²) in [6.45, 7) is 4.87. The number of carbonyl (C=O) groups excluding carboxylic acids is 2. The van der Waals surface area contributed by atoms with Crippen LogP contribution in [0.2, 0.25) is 0 Å². The molecule has 1 atom stereocenters. The fourth-order valence-corrected chi connectivity index (χ4v) is 2.63. The van der Waals surface area contributed by atoms with E-state index in [9.17, 15) is 18.0 Å². The van der Waals surface area contributed by atoms with Crippen molar-refractivity contribution < 1.29 is 18.0 Å². The molecule has 0 aliphatic carbocycles. The van der Waals surface area contributed by atoms with Gasteiger partial charge in [-0.05, 0) is 38.5 Å². The number of urea groups is 1. The Hall–Kier alpha value is -2.09. The summed E-state index contributed by atoms with van der Waals surface area (Å²) >= 11 is 0. The summed E-state index contributed by atoms with van der Waals surface area (Å²) in [6.07, 6.45) is 0. The highest BCUT2D eigenvalue weighted by molar-refractivity contribution is 7.91. The van der Waals surface area contributed by atoms with Gasteiger partial charge in [-0.1, -0.05) is 12.1 Å². The largest absolute Gasteiger partial charge is 0.374 e. The number of nitrogens with one attached hydrogen (secondary N) is 2. The molecule has 0 bridgehead atoms. The first-order chi connectivity index (χ1) is 10.1. The molecule has 1 aromatic carbocycles. The van der Waals surface area contributed by atoms with Crippen molar-refractivity contribution in [3.8, 4) is 0 Å². The van der Waals surface area contributed by atoms with E-state index in [1.54, 1.807) is 45.0 Å². The number of hydrogen-bond donors (Lipinski definition) is 3. The van der Waals surface area contributed by atoms with E-state index < -0.39 is 33.1 Å². The Bertz CT molecular complexity index is 639. The average Bonchev–Trinajstić information content (AvgIpc) is 2.39. The molecule has 8 heteroatoms. The van der Waals surface area contributed by atoms with E-state index in [4.69, 9.17) is 5.73 Å². The second-order valence-corrected chi connectivity index (χ2v) is 7.83. The van der Waals surface area contributed by atoms with Gasteiger partial charge >= 0.3 is 6.03 Å². The smallest absolute Gasteiger partial charge is 0.318 e. The van der Waals surface area contributed by atoms with Gasteiger partial charge in [0.1, 0.15) is 6.04 Å². The number of imide groups is 1. The fraction of sp³-hybridized carbons (Fsp3) is 0.429. The van der Waals surface area contributed by atoms with Gasteiger partial charge in [0, 0.05) is 5.69 Å². The minimum atomic E-state index is -3.15. The second kappa shape index (κ2) is 7.26. The van der Waals surface area contributed by atoms with Crippen LogP contribution < -0.4 is 16.4 Å². The highest BCUT2D eigenvalue weighted by Gasteiger charge is 2.17. The molecule has 4 N–H and O–H groups in total. The lowest BCUT2D eigenvalue weighted by Gasteiger charge is -2.14. The van der Waals surface area contributed by atoms with E-state index in [1.807, 2.05) is 5.32 Å². The molecule has 0 saturated carbocycles. The van der Waals surface area contributed by atoms with E-state index in [2.05, 4.69) is 5.32 Å². The molecule has 0 saturated heterocycles. The number of sulfone groups is 1. The molecular formula is C14H21N3O4S. The fourth-order valence-electron chi connectivity index (χ4n) is 1.64. The van der Waals surface area contributed by atoms with Crippen molar-refractivity contribution in [3.63, 3.8) is 0 Å². The van der Waals surface area contributed by atoms with Crippen LogP contribution in [0.15, 0.2) is 24.3 Å². The van der Waals surface area contributed by atoms with Crippen LogP contribution >= 0.6 is 0 Å². The first kappa shape index (κ1) is 18.0. The van der Waals surface area contributed by atoms with Gasteiger partial charge in [0.2, 0.25) is 5.91 Å². The maximum Gasteiger partial charge on any atom is 0.318 e.